The summed E-state index contributed by atoms with van der Waals surface area (Å²) in [4.78, 5) is 0. The Kier molecular flexibility index (Phi) is 5.95. The van der Waals surface area contributed by atoms with Gasteiger partial charge in [0, 0.05) is 0 Å². The van der Waals surface area contributed by atoms with Gasteiger partial charge < -0.3 is 0 Å². The molecule has 3 nitrogen and oxygen atoms in total. The van der Waals surface area contributed by atoms with Crippen LogP contribution < -0.4 is 0 Å². The molecule has 0 aliphatic carbocycles. The Balaban J connectivity index is 4.84. The van der Waals surface area contributed by atoms with Crippen molar-refractivity contribution in [3.8, 4) is 37.0 Å². The van der Waals surface area contributed by atoms with Gasteiger partial charge in [-0.25, -0.2) is 0 Å². The van der Waals surface area contributed by atoms with Crippen LogP contribution in [0.25, 0.3) is 0 Å². The van der Waals surface area contributed by atoms with Crippen LogP contribution in [0.2, 0.25) is 0 Å². The summed E-state index contributed by atoms with van der Waals surface area (Å²) in [6, 6.07) is 0. The van der Waals surface area contributed by atoms with Crippen molar-refractivity contribution in [3.05, 3.63) is 0 Å². The van der Waals surface area contributed by atoms with E-state index in [1.807, 2.05) is 6.92 Å². The van der Waals surface area contributed by atoms with E-state index in [4.69, 9.17) is 28.3 Å². The molecule has 16 heavy (non-hydrogen) atoms. The van der Waals surface area contributed by atoms with Crippen molar-refractivity contribution in [2.45, 2.75) is 25.9 Å². The zero-order valence-corrected chi connectivity index (χ0v) is 10.4. The Morgan fingerprint density at radius 1 is 1.31 bits per heavy atom. The maximum Gasteiger partial charge on any atom is 0.344 e. The predicted molar refractivity (Wildman–Crippen MR) is 64.7 cm³/mol. The molecule has 2 atom stereocenters. The fraction of sp³-hybridized carbons (Fsp3) is 0.500. The van der Waals surface area contributed by atoms with Crippen LogP contribution in [0.15, 0.2) is 0 Å². The zero-order chi connectivity index (χ0) is 12.7. The molecule has 0 aromatic rings. The Hall–Kier alpha value is -1.17. The first-order valence-corrected chi connectivity index (χ1v) is 6.47. The Morgan fingerprint density at radius 3 is 2.31 bits per heavy atom. The average molecular weight is 238 g/mol. The molecule has 0 bridgehead atoms. The normalized spacial score (nSPS) is 17.2. The molecular weight excluding hydrogens is 223 g/mol. The van der Waals surface area contributed by atoms with E-state index in [0.717, 1.165) is 0 Å². The molecule has 0 N–H and O–H groups in total. The summed E-state index contributed by atoms with van der Waals surface area (Å²) in [5, 5.41) is 0. The summed E-state index contributed by atoms with van der Waals surface area (Å²) in [6.07, 6.45) is 15.8. The Labute approximate surface area is 97.4 Å². The lowest BCUT2D eigenvalue weighted by Gasteiger charge is -2.27. The molecule has 0 radical (unpaired) electrons. The van der Waals surface area contributed by atoms with Gasteiger partial charge in [-0.05, 0) is 13.3 Å². The molecule has 0 saturated heterocycles. The second kappa shape index (κ2) is 6.42. The number of hydrogen-bond acceptors (Lipinski definition) is 3. The van der Waals surface area contributed by atoms with Crippen molar-refractivity contribution in [1.29, 1.82) is 0 Å². The number of terminal acetylenes is 3. The Bertz CT molecular complexity index is 394. The van der Waals surface area contributed by atoms with E-state index in [1.54, 1.807) is 6.92 Å². The summed E-state index contributed by atoms with van der Waals surface area (Å²) in [5.41, 5.74) is -0.957. The van der Waals surface area contributed by atoms with Crippen molar-refractivity contribution in [2.75, 3.05) is 12.8 Å². The third kappa shape index (κ3) is 4.57. The highest BCUT2D eigenvalue weighted by molar-refractivity contribution is 7.54. The summed E-state index contributed by atoms with van der Waals surface area (Å²) in [7, 11) is -3.41. The molecule has 0 fully saturated rings. The molecule has 0 aliphatic rings. The van der Waals surface area contributed by atoms with Crippen LogP contribution in [-0.2, 0) is 13.6 Å². The maximum absolute atomic E-state index is 12.1. The van der Waals surface area contributed by atoms with Crippen LogP contribution in [0.1, 0.15) is 20.3 Å². The van der Waals surface area contributed by atoms with Gasteiger partial charge in [-0.1, -0.05) is 24.7 Å². The summed E-state index contributed by atoms with van der Waals surface area (Å²) in [5.74, 6) is 6.87. The van der Waals surface area contributed by atoms with Crippen LogP contribution in [0, 0.1) is 37.0 Å². The largest absolute Gasteiger partial charge is 0.344 e. The SMILES string of the molecule is C#CCOP(=O)(CC#C)OC(C)(C#C)CC. The maximum atomic E-state index is 12.1. The van der Waals surface area contributed by atoms with Crippen molar-refractivity contribution in [3.63, 3.8) is 0 Å². The van der Waals surface area contributed by atoms with Gasteiger partial charge in [-0.2, -0.15) is 0 Å². The van der Waals surface area contributed by atoms with Crippen LogP contribution in [0.4, 0.5) is 0 Å². The molecule has 4 heteroatoms. The van der Waals surface area contributed by atoms with E-state index < -0.39 is 13.2 Å². The van der Waals surface area contributed by atoms with Crippen LogP contribution >= 0.6 is 7.60 Å². The highest BCUT2D eigenvalue weighted by Crippen LogP contribution is 2.51. The van der Waals surface area contributed by atoms with Crippen molar-refractivity contribution >= 4 is 7.60 Å². The molecule has 86 valence electrons. The average Bonchev–Trinajstić information content (AvgIpc) is 2.26. The topological polar surface area (TPSA) is 35.5 Å². The van der Waals surface area contributed by atoms with E-state index in [-0.39, 0.29) is 12.8 Å². The minimum Gasteiger partial charge on any atom is -0.295 e. The molecule has 0 spiro atoms. The van der Waals surface area contributed by atoms with Gasteiger partial charge in [0.2, 0.25) is 0 Å². The van der Waals surface area contributed by atoms with Gasteiger partial charge in [-0.3, -0.25) is 13.6 Å². The van der Waals surface area contributed by atoms with E-state index in [1.165, 1.54) is 0 Å². The van der Waals surface area contributed by atoms with Gasteiger partial charge in [-0.15, -0.1) is 19.3 Å². The van der Waals surface area contributed by atoms with E-state index in [9.17, 15) is 4.57 Å². The first kappa shape index (κ1) is 14.8. The molecule has 0 heterocycles. The van der Waals surface area contributed by atoms with Crippen molar-refractivity contribution in [2.24, 2.45) is 0 Å². The van der Waals surface area contributed by atoms with E-state index >= 15 is 0 Å². The second-order valence-electron chi connectivity index (χ2n) is 3.27. The first-order valence-electron chi connectivity index (χ1n) is 4.74. The van der Waals surface area contributed by atoms with Crippen LogP contribution in [0.3, 0.4) is 0 Å². The van der Waals surface area contributed by atoms with Gasteiger partial charge >= 0.3 is 7.60 Å². The smallest absolute Gasteiger partial charge is 0.295 e. The minimum atomic E-state index is -3.41. The molecule has 0 amide bonds. The highest BCUT2D eigenvalue weighted by Gasteiger charge is 2.33. The summed E-state index contributed by atoms with van der Waals surface area (Å²) < 4.78 is 22.4. The van der Waals surface area contributed by atoms with Crippen molar-refractivity contribution in [1.82, 2.24) is 0 Å². The third-order valence-electron chi connectivity index (χ3n) is 1.95. The van der Waals surface area contributed by atoms with Crippen LogP contribution in [-0.4, -0.2) is 18.4 Å². The minimum absolute atomic E-state index is 0.122. The molecule has 0 saturated carbocycles. The van der Waals surface area contributed by atoms with Gasteiger partial charge in [0.25, 0.3) is 0 Å². The fourth-order valence-corrected chi connectivity index (χ4v) is 2.35. The highest BCUT2D eigenvalue weighted by atomic mass is 31.2. The van der Waals surface area contributed by atoms with Crippen LogP contribution in [0.5, 0.6) is 0 Å². The third-order valence-corrected chi connectivity index (χ3v) is 3.72. The predicted octanol–water partition coefficient (Wildman–Crippen LogP) is 2.28. The molecular formula is C12H15O3P. The summed E-state index contributed by atoms with van der Waals surface area (Å²) >= 11 is 0. The molecule has 0 rings (SSSR count). The fourth-order valence-electron chi connectivity index (χ4n) is 0.852. The molecule has 0 aromatic carbocycles. The monoisotopic (exact) mass is 238 g/mol. The van der Waals surface area contributed by atoms with Gasteiger partial charge in [0.1, 0.15) is 18.4 Å². The van der Waals surface area contributed by atoms with Gasteiger partial charge in [0.15, 0.2) is 0 Å². The Morgan fingerprint density at radius 2 is 1.94 bits per heavy atom. The lowest BCUT2D eigenvalue weighted by molar-refractivity contribution is 0.114. The molecule has 0 aromatic heterocycles. The quantitative estimate of drug-likeness (QED) is 0.526. The molecule has 2 unspecified atom stereocenters. The lowest BCUT2D eigenvalue weighted by atomic mass is 10.1. The standard InChI is InChI=1S/C12H15O3P/c1-6-10-14-16(13,11-7-2)15-12(5,8-3)9-4/h1-3H,9-11H2,4-5H3. The number of rotatable bonds is 6. The summed E-state index contributed by atoms with van der Waals surface area (Å²) in [6.45, 7) is 3.35. The first-order chi connectivity index (χ1) is 7.45. The zero-order valence-electron chi connectivity index (χ0n) is 9.53. The number of hydrogen-bond donors (Lipinski definition) is 0. The molecule has 0 aliphatic heterocycles. The van der Waals surface area contributed by atoms with Gasteiger partial charge in [0.05, 0.1) is 0 Å². The van der Waals surface area contributed by atoms with Crippen molar-refractivity contribution < 1.29 is 13.6 Å². The van der Waals surface area contributed by atoms with E-state index in [0.29, 0.717) is 6.42 Å². The lowest BCUT2D eigenvalue weighted by Crippen LogP contribution is -2.25. The van der Waals surface area contributed by atoms with E-state index in [2.05, 4.69) is 17.8 Å². The second-order valence-corrected chi connectivity index (χ2v) is 5.25.